The third kappa shape index (κ3) is 5.12. The van der Waals surface area contributed by atoms with Gasteiger partial charge >= 0.3 is 5.97 Å². The van der Waals surface area contributed by atoms with E-state index in [0.29, 0.717) is 10.7 Å². The highest BCUT2D eigenvalue weighted by molar-refractivity contribution is 6.30. The van der Waals surface area contributed by atoms with E-state index in [9.17, 15) is 9.59 Å². The molecule has 0 aliphatic carbocycles. The Morgan fingerprint density at radius 1 is 1.12 bits per heavy atom. The molecule has 1 N–H and O–H groups in total. The zero-order valence-corrected chi connectivity index (χ0v) is 15.0. The highest BCUT2D eigenvalue weighted by Gasteiger charge is 2.15. The third-order valence-corrected chi connectivity index (χ3v) is 3.62. The minimum Gasteiger partial charge on any atom is -0.496 e. The molecule has 7 heteroatoms. The van der Waals surface area contributed by atoms with Crippen LogP contribution in [0.3, 0.4) is 0 Å². The summed E-state index contributed by atoms with van der Waals surface area (Å²) in [6.45, 7) is -0.403. The van der Waals surface area contributed by atoms with Crippen molar-refractivity contribution in [1.82, 2.24) is 0 Å². The minimum absolute atomic E-state index is 0.204. The van der Waals surface area contributed by atoms with Gasteiger partial charge in [0.25, 0.3) is 5.91 Å². The van der Waals surface area contributed by atoms with Gasteiger partial charge in [0, 0.05) is 30.5 Å². The van der Waals surface area contributed by atoms with Gasteiger partial charge in [0.15, 0.2) is 6.61 Å². The number of amides is 1. The van der Waals surface area contributed by atoms with Crippen LogP contribution in [0.4, 0.5) is 11.4 Å². The van der Waals surface area contributed by atoms with Crippen molar-refractivity contribution in [2.24, 2.45) is 0 Å². The first-order valence-corrected chi connectivity index (χ1v) is 7.86. The van der Waals surface area contributed by atoms with Crippen molar-refractivity contribution < 1.29 is 19.1 Å². The normalized spacial score (nSPS) is 10.1. The summed E-state index contributed by atoms with van der Waals surface area (Å²) < 4.78 is 10.1. The Kier molecular flexibility index (Phi) is 6.25. The van der Waals surface area contributed by atoms with Crippen molar-refractivity contribution in [2.75, 3.05) is 38.0 Å². The van der Waals surface area contributed by atoms with Crippen molar-refractivity contribution in [1.29, 1.82) is 0 Å². The molecular formula is C18H19ClN2O4. The number of nitrogens with zero attached hydrogens (tertiary/aromatic N) is 1. The van der Waals surface area contributed by atoms with Gasteiger partial charge in [-0.25, -0.2) is 4.79 Å². The number of carbonyl (C=O) groups is 2. The summed E-state index contributed by atoms with van der Waals surface area (Å²) in [4.78, 5) is 26.0. The van der Waals surface area contributed by atoms with Gasteiger partial charge in [-0.05, 0) is 42.5 Å². The number of anilines is 2. The van der Waals surface area contributed by atoms with E-state index in [0.717, 1.165) is 5.69 Å². The van der Waals surface area contributed by atoms with Gasteiger partial charge in [-0.15, -0.1) is 0 Å². The first kappa shape index (κ1) is 18.6. The van der Waals surface area contributed by atoms with E-state index >= 15 is 0 Å². The second kappa shape index (κ2) is 8.39. The predicted molar refractivity (Wildman–Crippen MR) is 97.7 cm³/mol. The molecule has 0 saturated heterocycles. The van der Waals surface area contributed by atoms with Crippen molar-refractivity contribution >= 4 is 34.9 Å². The first-order chi connectivity index (χ1) is 11.9. The van der Waals surface area contributed by atoms with Gasteiger partial charge in [0.2, 0.25) is 0 Å². The lowest BCUT2D eigenvalue weighted by Crippen LogP contribution is -2.21. The maximum Gasteiger partial charge on any atom is 0.342 e. The number of hydrogen-bond donors (Lipinski definition) is 1. The highest BCUT2D eigenvalue weighted by atomic mass is 35.5. The van der Waals surface area contributed by atoms with Crippen LogP contribution in [-0.2, 0) is 9.53 Å². The van der Waals surface area contributed by atoms with Crippen LogP contribution in [0.1, 0.15) is 10.4 Å². The van der Waals surface area contributed by atoms with E-state index in [4.69, 9.17) is 21.1 Å². The summed E-state index contributed by atoms with van der Waals surface area (Å²) in [6, 6.07) is 11.8. The van der Waals surface area contributed by atoms with Crippen LogP contribution in [0.25, 0.3) is 0 Å². The van der Waals surface area contributed by atoms with Crippen LogP contribution < -0.4 is 15.0 Å². The quantitative estimate of drug-likeness (QED) is 0.799. The SMILES string of the molecule is COc1cc(Cl)ccc1C(=O)OCC(=O)Nc1ccc(N(C)C)cc1. The molecule has 132 valence electrons. The van der Waals surface area contributed by atoms with E-state index in [1.165, 1.54) is 19.2 Å². The first-order valence-electron chi connectivity index (χ1n) is 7.48. The van der Waals surface area contributed by atoms with E-state index < -0.39 is 18.5 Å². The Hall–Kier alpha value is -2.73. The van der Waals surface area contributed by atoms with Gasteiger partial charge in [0.1, 0.15) is 11.3 Å². The number of ether oxygens (including phenoxy) is 2. The van der Waals surface area contributed by atoms with Crippen LogP contribution in [-0.4, -0.2) is 39.7 Å². The van der Waals surface area contributed by atoms with Crippen LogP contribution in [0.2, 0.25) is 5.02 Å². The maximum absolute atomic E-state index is 12.1. The lowest BCUT2D eigenvalue weighted by Gasteiger charge is -2.13. The molecule has 2 rings (SSSR count). The van der Waals surface area contributed by atoms with E-state index in [-0.39, 0.29) is 11.3 Å². The molecule has 25 heavy (non-hydrogen) atoms. The lowest BCUT2D eigenvalue weighted by atomic mass is 10.2. The molecule has 0 saturated carbocycles. The van der Waals surface area contributed by atoms with Crippen molar-refractivity contribution in [2.45, 2.75) is 0 Å². The topological polar surface area (TPSA) is 67.9 Å². The second-order valence-corrected chi connectivity index (χ2v) is 5.85. The Labute approximate surface area is 151 Å². The monoisotopic (exact) mass is 362 g/mol. The van der Waals surface area contributed by atoms with Crippen molar-refractivity contribution in [3.63, 3.8) is 0 Å². The van der Waals surface area contributed by atoms with Crippen LogP contribution >= 0.6 is 11.6 Å². The number of halogens is 1. The number of rotatable bonds is 6. The summed E-state index contributed by atoms with van der Waals surface area (Å²) in [7, 11) is 5.28. The summed E-state index contributed by atoms with van der Waals surface area (Å²) in [6.07, 6.45) is 0. The number of benzene rings is 2. The van der Waals surface area contributed by atoms with Gasteiger partial charge < -0.3 is 19.7 Å². The van der Waals surface area contributed by atoms with Crippen LogP contribution in [0, 0.1) is 0 Å². The second-order valence-electron chi connectivity index (χ2n) is 5.41. The molecule has 0 atom stereocenters. The Bertz CT molecular complexity index is 760. The Morgan fingerprint density at radius 2 is 1.80 bits per heavy atom. The molecule has 0 aromatic heterocycles. The molecule has 1 amide bonds. The summed E-state index contributed by atoms with van der Waals surface area (Å²) in [5.74, 6) is -0.803. The minimum atomic E-state index is -0.661. The Morgan fingerprint density at radius 3 is 2.40 bits per heavy atom. The fourth-order valence-electron chi connectivity index (χ4n) is 2.08. The molecule has 0 aliphatic rings. The molecule has 0 bridgehead atoms. The molecule has 0 heterocycles. The van der Waals surface area contributed by atoms with E-state index in [1.54, 1.807) is 18.2 Å². The summed E-state index contributed by atoms with van der Waals surface area (Å²) in [5.41, 5.74) is 1.84. The molecule has 2 aromatic rings. The van der Waals surface area contributed by atoms with Crippen LogP contribution in [0.5, 0.6) is 5.75 Å². The molecule has 0 radical (unpaired) electrons. The van der Waals surface area contributed by atoms with Gasteiger partial charge in [0.05, 0.1) is 7.11 Å². The number of carbonyl (C=O) groups excluding carboxylic acids is 2. The molecular weight excluding hydrogens is 344 g/mol. The summed E-state index contributed by atoms with van der Waals surface area (Å²) >= 11 is 5.85. The van der Waals surface area contributed by atoms with Gasteiger partial charge in [-0.1, -0.05) is 11.6 Å². The fraction of sp³-hybridized carbons (Fsp3) is 0.222. The van der Waals surface area contributed by atoms with Crippen molar-refractivity contribution in [3.8, 4) is 5.75 Å². The van der Waals surface area contributed by atoms with Crippen LogP contribution in [0.15, 0.2) is 42.5 Å². The number of nitrogens with one attached hydrogen (secondary N) is 1. The maximum atomic E-state index is 12.1. The number of esters is 1. The van der Waals surface area contributed by atoms with Crippen molar-refractivity contribution in [3.05, 3.63) is 53.1 Å². The molecule has 0 aliphatic heterocycles. The standard InChI is InChI=1S/C18H19ClN2O4/c1-21(2)14-7-5-13(6-8-14)20-17(22)11-25-18(23)15-9-4-12(19)10-16(15)24-3/h4-10H,11H2,1-3H3,(H,20,22). The third-order valence-electron chi connectivity index (χ3n) is 3.39. The average molecular weight is 363 g/mol. The largest absolute Gasteiger partial charge is 0.496 e. The lowest BCUT2D eigenvalue weighted by molar-refractivity contribution is -0.119. The number of hydrogen-bond acceptors (Lipinski definition) is 5. The van der Waals surface area contributed by atoms with Gasteiger partial charge in [-0.3, -0.25) is 4.79 Å². The van der Waals surface area contributed by atoms with Gasteiger partial charge in [-0.2, -0.15) is 0 Å². The van der Waals surface area contributed by atoms with E-state index in [1.807, 2.05) is 31.1 Å². The number of methoxy groups -OCH3 is 1. The molecule has 0 spiro atoms. The molecule has 6 nitrogen and oxygen atoms in total. The molecule has 0 fully saturated rings. The zero-order valence-electron chi connectivity index (χ0n) is 14.2. The molecule has 2 aromatic carbocycles. The predicted octanol–water partition coefficient (Wildman–Crippen LogP) is 3.21. The fourth-order valence-corrected chi connectivity index (χ4v) is 2.24. The summed E-state index contributed by atoms with van der Waals surface area (Å²) in [5, 5.41) is 3.10. The molecule has 0 unspecified atom stereocenters. The Balaban J connectivity index is 1.92. The average Bonchev–Trinajstić information content (AvgIpc) is 2.60. The smallest absolute Gasteiger partial charge is 0.342 e. The zero-order chi connectivity index (χ0) is 18.4. The highest BCUT2D eigenvalue weighted by Crippen LogP contribution is 2.23. The van der Waals surface area contributed by atoms with E-state index in [2.05, 4.69) is 5.32 Å².